The third kappa shape index (κ3) is 1.62. The Morgan fingerprint density at radius 3 is 2.80 bits per heavy atom. The Kier molecular flexibility index (Phi) is 2.53. The highest BCUT2D eigenvalue weighted by Crippen LogP contribution is 2.13. The van der Waals surface area contributed by atoms with Gasteiger partial charge in [-0.15, -0.1) is 11.8 Å². The van der Waals surface area contributed by atoms with Crippen LogP contribution in [0.5, 0.6) is 0 Å². The van der Waals surface area contributed by atoms with Crippen LogP contribution < -0.4 is 11.3 Å². The maximum Gasteiger partial charge on any atom is 0.139 e. The molecule has 3 N–H and O–H groups in total. The molecule has 0 atom stereocenters. The van der Waals surface area contributed by atoms with E-state index in [1.54, 1.807) is 18.0 Å². The number of hydrogen-bond acceptors (Lipinski definition) is 4. The van der Waals surface area contributed by atoms with Gasteiger partial charge in [0.05, 0.1) is 0 Å². The molecule has 0 radical (unpaired) electrons. The van der Waals surface area contributed by atoms with Gasteiger partial charge < -0.3 is 5.43 Å². The minimum absolute atomic E-state index is 0.692. The summed E-state index contributed by atoms with van der Waals surface area (Å²) in [5.41, 5.74) is 2.46. The zero-order chi connectivity index (χ0) is 7.40. The Morgan fingerprint density at radius 1 is 1.60 bits per heavy atom. The van der Waals surface area contributed by atoms with Gasteiger partial charge in [0.2, 0.25) is 0 Å². The zero-order valence-corrected chi connectivity index (χ0v) is 6.48. The van der Waals surface area contributed by atoms with E-state index >= 15 is 0 Å². The van der Waals surface area contributed by atoms with E-state index in [0.29, 0.717) is 5.82 Å². The molecule has 4 heteroatoms. The van der Waals surface area contributed by atoms with Gasteiger partial charge in [-0.05, 0) is 18.4 Å². The maximum atomic E-state index is 5.12. The Hall–Kier alpha value is -0.740. The van der Waals surface area contributed by atoms with E-state index < -0.39 is 0 Å². The van der Waals surface area contributed by atoms with E-state index in [2.05, 4.69) is 10.4 Å². The summed E-state index contributed by atoms with van der Waals surface area (Å²) in [6, 6.07) is 3.80. The SMILES string of the molecule is CSc1ccc(NN)nc1. The van der Waals surface area contributed by atoms with Crippen molar-refractivity contribution in [2.75, 3.05) is 11.7 Å². The first-order chi connectivity index (χ1) is 4.86. The summed E-state index contributed by atoms with van der Waals surface area (Å²) in [4.78, 5) is 5.15. The topological polar surface area (TPSA) is 50.9 Å². The number of nitrogens with zero attached hydrogens (tertiary/aromatic N) is 1. The van der Waals surface area contributed by atoms with Crippen LogP contribution in [0.1, 0.15) is 0 Å². The van der Waals surface area contributed by atoms with Crippen molar-refractivity contribution in [1.82, 2.24) is 4.98 Å². The minimum atomic E-state index is 0.692. The number of rotatable bonds is 2. The van der Waals surface area contributed by atoms with Crippen molar-refractivity contribution >= 4 is 17.6 Å². The van der Waals surface area contributed by atoms with E-state index in [4.69, 9.17) is 5.84 Å². The molecule has 0 bridgehead atoms. The quantitative estimate of drug-likeness (QED) is 0.381. The summed E-state index contributed by atoms with van der Waals surface area (Å²) < 4.78 is 0. The van der Waals surface area contributed by atoms with E-state index in [0.717, 1.165) is 4.90 Å². The lowest BCUT2D eigenvalue weighted by Crippen LogP contribution is -2.07. The average Bonchev–Trinajstić information content (AvgIpc) is 2.05. The van der Waals surface area contributed by atoms with Crippen molar-refractivity contribution in [3.05, 3.63) is 18.3 Å². The van der Waals surface area contributed by atoms with Gasteiger partial charge in [-0.25, -0.2) is 10.8 Å². The standard InChI is InChI=1S/C6H9N3S/c1-10-5-2-3-6(9-7)8-4-5/h2-4H,7H2,1H3,(H,8,9). The first kappa shape index (κ1) is 7.37. The number of hydrazine groups is 1. The van der Waals surface area contributed by atoms with Crippen LogP contribution in [-0.2, 0) is 0 Å². The first-order valence-corrected chi connectivity index (χ1v) is 4.06. The second-order valence-corrected chi connectivity index (χ2v) is 2.61. The summed E-state index contributed by atoms with van der Waals surface area (Å²) in [5.74, 6) is 5.81. The summed E-state index contributed by atoms with van der Waals surface area (Å²) in [5, 5.41) is 0. The highest BCUT2D eigenvalue weighted by atomic mass is 32.2. The van der Waals surface area contributed by atoms with Crippen molar-refractivity contribution in [3.63, 3.8) is 0 Å². The second kappa shape index (κ2) is 3.43. The van der Waals surface area contributed by atoms with Crippen molar-refractivity contribution < 1.29 is 0 Å². The van der Waals surface area contributed by atoms with Gasteiger partial charge in [0, 0.05) is 11.1 Å². The number of pyridine rings is 1. The number of anilines is 1. The molecule has 0 aliphatic heterocycles. The van der Waals surface area contributed by atoms with Crippen molar-refractivity contribution in [1.29, 1.82) is 0 Å². The van der Waals surface area contributed by atoms with Crippen LogP contribution in [-0.4, -0.2) is 11.2 Å². The predicted octanol–water partition coefficient (Wildman–Crippen LogP) is 1.09. The minimum Gasteiger partial charge on any atom is -0.308 e. The number of hydrogen-bond donors (Lipinski definition) is 2. The van der Waals surface area contributed by atoms with E-state index in [1.807, 2.05) is 18.4 Å². The molecular weight excluding hydrogens is 146 g/mol. The molecule has 0 fully saturated rings. The van der Waals surface area contributed by atoms with Gasteiger partial charge in [0.25, 0.3) is 0 Å². The lowest BCUT2D eigenvalue weighted by molar-refractivity contribution is 1.18. The fraction of sp³-hybridized carbons (Fsp3) is 0.167. The maximum absolute atomic E-state index is 5.12. The largest absolute Gasteiger partial charge is 0.308 e. The van der Waals surface area contributed by atoms with E-state index in [1.165, 1.54) is 0 Å². The fourth-order valence-corrected chi connectivity index (χ4v) is 0.949. The molecule has 0 saturated carbocycles. The van der Waals surface area contributed by atoms with Gasteiger partial charge in [-0.1, -0.05) is 0 Å². The summed E-state index contributed by atoms with van der Waals surface area (Å²) in [6.07, 6.45) is 3.78. The van der Waals surface area contributed by atoms with Crippen LogP contribution in [0.2, 0.25) is 0 Å². The van der Waals surface area contributed by atoms with Gasteiger partial charge in [0.15, 0.2) is 0 Å². The van der Waals surface area contributed by atoms with Crippen LogP contribution >= 0.6 is 11.8 Å². The van der Waals surface area contributed by atoms with Gasteiger partial charge in [0.1, 0.15) is 5.82 Å². The summed E-state index contributed by atoms with van der Waals surface area (Å²) >= 11 is 1.66. The second-order valence-electron chi connectivity index (χ2n) is 1.73. The summed E-state index contributed by atoms with van der Waals surface area (Å²) in [7, 11) is 0. The molecule has 1 heterocycles. The van der Waals surface area contributed by atoms with Crippen molar-refractivity contribution in [2.24, 2.45) is 5.84 Å². The van der Waals surface area contributed by atoms with Crippen LogP contribution in [0.15, 0.2) is 23.2 Å². The molecule has 0 aromatic carbocycles. The Labute approximate surface area is 64.0 Å². The lowest BCUT2D eigenvalue weighted by Gasteiger charge is -1.98. The smallest absolute Gasteiger partial charge is 0.139 e. The Bertz CT molecular complexity index is 174. The summed E-state index contributed by atoms with van der Waals surface area (Å²) in [6.45, 7) is 0. The normalized spacial score (nSPS) is 9.40. The van der Waals surface area contributed by atoms with Crippen LogP contribution in [0.25, 0.3) is 0 Å². The number of nitrogens with two attached hydrogens (primary N) is 1. The molecule has 54 valence electrons. The number of aromatic nitrogens is 1. The molecule has 0 amide bonds. The molecule has 0 saturated heterocycles. The number of nitrogen functional groups attached to an aromatic ring is 1. The van der Waals surface area contributed by atoms with Crippen LogP contribution in [0.4, 0.5) is 5.82 Å². The third-order valence-corrected chi connectivity index (χ3v) is 1.83. The van der Waals surface area contributed by atoms with Crippen molar-refractivity contribution in [3.8, 4) is 0 Å². The average molecular weight is 155 g/mol. The fourth-order valence-electron chi connectivity index (χ4n) is 0.586. The molecule has 0 aliphatic rings. The lowest BCUT2D eigenvalue weighted by atomic mass is 10.5. The Balaban J connectivity index is 2.80. The van der Waals surface area contributed by atoms with Crippen LogP contribution in [0.3, 0.4) is 0 Å². The number of thioether (sulfide) groups is 1. The monoisotopic (exact) mass is 155 g/mol. The molecule has 1 aromatic rings. The molecular formula is C6H9N3S. The molecule has 0 spiro atoms. The van der Waals surface area contributed by atoms with Gasteiger partial charge >= 0.3 is 0 Å². The number of nitrogens with one attached hydrogen (secondary N) is 1. The van der Waals surface area contributed by atoms with Crippen LogP contribution in [0, 0.1) is 0 Å². The highest BCUT2D eigenvalue weighted by molar-refractivity contribution is 7.98. The predicted molar refractivity (Wildman–Crippen MR) is 43.8 cm³/mol. The highest BCUT2D eigenvalue weighted by Gasteiger charge is 1.89. The van der Waals surface area contributed by atoms with E-state index in [-0.39, 0.29) is 0 Å². The zero-order valence-electron chi connectivity index (χ0n) is 5.66. The van der Waals surface area contributed by atoms with Crippen molar-refractivity contribution in [2.45, 2.75) is 4.90 Å². The third-order valence-electron chi connectivity index (χ3n) is 1.12. The van der Waals surface area contributed by atoms with Gasteiger partial charge in [-0.2, -0.15) is 0 Å². The Morgan fingerprint density at radius 2 is 2.40 bits per heavy atom. The molecule has 3 nitrogen and oxygen atoms in total. The molecule has 10 heavy (non-hydrogen) atoms. The van der Waals surface area contributed by atoms with E-state index in [9.17, 15) is 0 Å². The molecule has 1 rings (SSSR count). The van der Waals surface area contributed by atoms with Gasteiger partial charge in [-0.3, -0.25) is 0 Å². The first-order valence-electron chi connectivity index (χ1n) is 2.83. The molecule has 1 aromatic heterocycles. The molecule has 0 aliphatic carbocycles. The molecule has 0 unspecified atom stereocenters.